The SMILES string of the molecule is CCOc1ccc(-c2cc3c(N4CCC(O)CC4)nccn3n2)cc1. The number of nitrogens with zero attached hydrogens (tertiary/aromatic N) is 4. The van der Waals surface area contributed by atoms with Crippen molar-refractivity contribution < 1.29 is 9.84 Å². The fourth-order valence-electron chi connectivity index (χ4n) is 3.26. The van der Waals surface area contributed by atoms with Gasteiger partial charge in [0, 0.05) is 31.0 Å². The molecule has 130 valence electrons. The molecule has 1 aliphatic heterocycles. The number of fused-ring (bicyclic) bond motifs is 1. The van der Waals surface area contributed by atoms with Crippen molar-refractivity contribution in [3.05, 3.63) is 42.7 Å². The van der Waals surface area contributed by atoms with Crippen LogP contribution in [-0.2, 0) is 0 Å². The molecule has 6 heteroatoms. The lowest BCUT2D eigenvalue weighted by Gasteiger charge is -2.30. The molecule has 1 N–H and O–H groups in total. The van der Waals surface area contributed by atoms with Crippen LogP contribution >= 0.6 is 0 Å². The van der Waals surface area contributed by atoms with E-state index in [9.17, 15) is 5.11 Å². The molecule has 0 unspecified atom stereocenters. The van der Waals surface area contributed by atoms with Crippen molar-refractivity contribution in [3.63, 3.8) is 0 Å². The second-order valence-corrected chi connectivity index (χ2v) is 6.29. The van der Waals surface area contributed by atoms with Crippen molar-refractivity contribution in [1.82, 2.24) is 14.6 Å². The number of piperidine rings is 1. The Morgan fingerprint density at radius 3 is 2.68 bits per heavy atom. The molecule has 4 rings (SSSR count). The van der Waals surface area contributed by atoms with Crippen LogP contribution in [0.4, 0.5) is 5.82 Å². The monoisotopic (exact) mass is 338 g/mol. The average molecular weight is 338 g/mol. The molecule has 0 bridgehead atoms. The topological polar surface area (TPSA) is 62.9 Å². The van der Waals surface area contributed by atoms with Crippen LogP contribution in [0.25, 0.3) is 16.8 Å². The van der Waals surface area contributed by atoms with E-state index < -0.39 is 0 Å². The molecule has 0 radical (unpaired) electrons. The minimum atomic E-state index is -0.194. The van der Waals surface area contributed by atoms with Gasteiger partial charge in [-0.05, 0) is 50.1 Å². The van der Waals surface area contributed by atoms with Crippen molar-refractivity contribution in [1.29, 1.82) is 0 Å². The molecule has 25 heavy (non-hydrogen) atoms. The Kier molecular flexibility index (Phi) is 4.28. The van der Waals surface area contributed by atoms with E-state index in [2.05, 4.69) is 21.0 Å². The van der Waals surface area contributed by atoms with Crippen molar-refractivity contribution in [2.45, 2.75) is 25.9 Å². The summed E-state index contributed by atoms with van der Waals surface area (Å²) in [5.41, 5.74) is 2.95. The van der Waals surface area contributed by atoms with E-state index in [0.29, 0.717) is 6.61 Å². The zero-order chi connectivity index (χ0) is 17.2. The first-order chi connectivity index (χ1) is 12.2. The number of ether oxygens (including phenoxy) is 1. The van der Waals surface area contributed by atoms with Crippen LogP contribution in [0.2, 0.25) is 0 Å². The number of hydrogen-bond donors (Lipinski definition) is 1. The number of aliphatic hydroxyl groups excluding tert-OH is 1. The van der Waals surface area contributed by atoms with E-state index in [1.54, 1.807) is 6.20 Å². The molecular weight excluding hydrogens is 316 g/mol. The smallest absolute Gasteiger partial charge is 0.154 e. The predicted octanol–water partition coefficient (Wildman–Crippen LogP) is 2.76. The van der Waals surface area contributed by atoms with Gasteiger partial charge in [-0.2, -0.15) is 5.10 Å². The highest BCUT2D eigenvalue weighted by Gasteiger charge is 2.20. The van der Waals surface area contributed by atoms with Gasteiger partial charge >= 0.3 is 0 Å². The van der Waals surface area contributed by atoms with Gasteiger partial charge in [-0.1, -0.05) is 0 Å². The summed E-state index contributed by atoms with van der Waals surface area (Å²) in [6.45, 7) is 4.27. The summed E-state index contributed by atoms with van der Waals surface area (Å²) in [7, 11) is 0. The maximum atomic E-state index is 9.73. The van der Waals surface area contributed by atoms with Gasteiger partial charge in [-0.3, -0.25) is 0 Å². The van der Waals surface area contributed by atoms with Gasteiger partial charge < -0.3 is 14.7 Å². The first-order valence-electron chi connectivity index (χ1n) is 8.75. The van der Waals surface area contributed by atoms with E-state index in [1.807, 2.05) is 41.9 Å². The summed E-state index contributed by atoms with van der Waals surface area (Å²) in [5, 5.41) is 14.4. The number of benzene rings is 1. The molecule has 1 aromatic carbocycles. The molecule has 1 saturated heterocycles. The lowest BCUT2D eigenvalue weighted by Crippen LogP contribution is -2.36. The first-order valence-corrected chi connectivity index (χ1v) is 8.75. The maximum absolute atomic E-state index is 9.73. The van der Waals surface area contributed by atoms with E-state index in [1.165, 1.54) is 0 Å². The lowest BCUT2D eigenvalue weighted by atomic mass is 10.1. The zero-order valence-corrected chi connectivity index (χ0v) is 14.3. The molecule has 0 aliphatic carbocycles. The summed E-state index contributed by atoms with van der Waals surface area (Å²) in [6.07, 6.45) is 5.02. The molecule has 0 atom stereocenters. The molecule has 0 amide bonds. The highest BCUT2D eigenvalue weighted by molar-refractivity contribution is 5.75. The van der Waals surface area contributed by atoms with Crippen LogP contribution in [-0.4, -0.2) is 45.5 Å². The van der Waals surface area contributed by atoms with Crippen molar-refractivity contribution in [2.75, 3.05) is 24.6 Å². The van der Waals surface area contributed by atoms with Gasteiger partial charge in [-0.15, -0.1) is 0 Å². The number of rotatable bonds is 4. The third-order valence-electron chi connectivity index (χ3n) is 4.59. The minimum Gasteiger partial charge on any atom is -0.494 e. The molecule has 3 heterocycles. The van der Waals surface area contributed by atoms with E-state index >= 15 is 0 Å². The van der Waals surface area contributed by atoms with E-state index in [0.717, 1.165) is 54.3 Å². The fraction of sp³-hybridized carbons (Fsp3) is 0.368. The van der Waals surface area contributed by atoms with Crippen LogP contribution in [0.1, 0.15) is 19.8 Å². The normalized spacial score (nSPS) is 15.7. The molecular formula is C19H22N4O2. The summed E-state index contributed by atoms with van der Waals surface area (Å²) in [4.78, 5) is 6.79. The Balaban J connectivity index is 1.67. The van der Waals surface area contributed by atoms with Crippen molar-refractivity contribution in [3.8, 4) is 17.0 Å². The zero-order valence-electron chi connectivity index (χ0n) is 14.3. The maximum Gasteiger partial charge on any atom is 0.154 e. The second-order valence-electron chi connectivity index (χ2n) is 6.29. The minimum absolute atomic E-state index is 0.194. The summed E-state index contributed by atoms with van der Waals surface area (Å²) in [6, 6.07) is 10.1. The standard InChI is InChI=1S/C19H22N4O2/c1-2-25-16-5-3-14(4-6-16)17-13-18-19(20-9-12-23(18)21-17)22-10-7-15(24)8-11-22/h3-6,9,12-13,15,24H,2,7-8,10-11H2,1H3. The molecule has 0 spiro atoms. The Bertz CT molecular complexity index is 851. The predicted molar refractivity (Wildman–Crippen MR) is 97.0 cm³/mol. The average Bonchev–Trinajstić information content (AvgIpc) is 3.08. The van der Waals surface area contributed by atoms with Crippen LogP contribution in [0.15, 0.2) is 42.7 Å². The van der Waals surface area contributed by atoms with Gasteiger partial charge in [0.1, 0.15) is 11.3 Å². The van der Waals surface area contributed by atoms with Crippen LogP contribution in [0, 0.1) is 0 Å². The third kappa shape index (κ3) is 3.17. The van der Waals surface area contributed by atoms with Crippen molar-refractivity contribution in [2.24, 2.45) is 0 Å². The lowest BCUT2D eigenvalue weighted by molar-refractivity contribution is 0.145. The van der Waals surface area contributed by atoms with E-state index in [-0.39, 0.29) is 6.10 Å². The Labute approximate surface area is 146 Å². The summed E-state index contributed by atoms with van der Waals surface area (Å²) in [5.74, 6) is 1.79. The molecule has 3 aromatic rings. The third-order valence-corrected chi connectivity index (χ3v) is 4.59. The number of hydrogen-bond acceptors (Lipinski definition) is 5. The fourth-order valence-corrected chi connectivity index (χ4v) is 3.26. The second kappa shape index (κ2) is 6.72. The summed E-state index contributed by atoms with van der Waals surface area (Å²) < 4.78 is 7.37. The van der Waals surface area contributed by atoms with Gasteiger partial charge in [0.05, 0.1) is 18.4 Å². The van der Waals surface area contributed by atoms with Crippen LogP contribution in [0.3, 0.4) is 0 Å². The van der Waals surface area contributed by atoms with Gasteiger partial charge in [-0.25, -0.2) is 9.50 Å². The number of aromatic nitrogens is 3. The Morgan fingerprint density at radius 2 is 1.96 bits per heavy atom. The highest BCUT2D eigenvalue weighted by Crippen LogP contribution is 2.27. The molecule has 2 aromatic heterocycles. The largest absolute Gasteiger partial charge is 0.494 e. The van der Waals surface area contributed by atoms with Crippen LogP contribution < -0.4 is 9.64 Å². The molecule has 0 saturated carbocycles. The molecule has 1 fully saturated rings. The highest BCUT2D eigenvalue weighted by atomic mass is 16.5. The quantitative estimate of drug-likeness (QED) is 0.792. The summed E-state index contributed by atoms with van der Waals surface area (Å²) >= 11 is 0. The molecule has 6 nitrogen and oxygen atoms in total. The van der Waals surface area contributed by atoms with Crippen molar-refractivity contribution >= 4 is 11.3 Å². The first kappa shape index (κ1) is 15.9. The molecule has 1 aliphatic rings. The van der Waals surface area contributed by atoms with Crippen LogP contribution in [0.5, 0.6) is 5.75 Å². The Hall–Kier alpha value is -2.60. The van der Waals surface area contributed by atoms with Gasteiger partial charge in [0.25, 0.3) is 0 Å². The number of anilines is 1. The van der Waals surface area contributed by atoms with E-state index in [4.69, 9.17) is 4.74 Å². The van der Waals surface area contributed by atoms with Gasteiger partial charge in [0.2, 0.25) is 0 Å². The Morgan fingerprint density at radius 1 is 1.20 bits per heavy atom. The number of aliphatic hydroxyl groups is 1. The van der Waals surface area contributed by atoms with Gasteiger partial charge in [0.15, 0.2) is 5.82 Å².